The van der Waals surface area contributed by atoms with Gasteiger partial charge in [0.2, 0.25) is 0 Å². The van der Waals surface area contributed by atoms with E-state index in [0.29, 0.717) is 30.4 Å². The summed E-state index contributed by atoms with van der Waals surface area (Å²) in [5.74, 6) is -1.05. The van der Waals surface area contributed by atoms with Crippen LogP contribution in [0.15, 0.2) is 18.2 Å². The normalized spacial score (nSPS) is 21.8. The van der Waals surface area contributed by atoms with Crippen molar-refractivity contribution in [2.75, 3.05) is 33.3 Å². The molecular weight excluding hydrogens is 323 g/mol. The van der Waals surface area contributed by atoms with Gasteiger partial charge in [0.1, 0.15) is 17.6 Å². The number of nitrogens with zero attached hydrogens (tertiary/aromatic N) is 2. The van der Waals surface area contributed by atoms with Crippen molar-refractivity contribution in [1.82, 2.24) is 9.80 Å². The van der Waals surface area contributed by atoms with E-state index in [1.165, 1.54) is 57.4 Å². The molecule has 2 aliphatic rings. The van der Waals surface area contributed by atoms with Crippen LogP contribution in [-0.2, 0) is 4.79 Å². The first-order valence-electron chi connectivity index (χ1n) is 9.14. The highest BCUT2D eigenvalue weighted by Gasteiger charge is 2.34. The van der Waals surface area contributed by atoms with Gasteiger partial charge in [0.15, 0.2) is 0 Å². The molecule has 0 aromatic heterocycles. The summed E-state index contributed by atoms with van der Waals surface area (Å²) in [5, 5.41) is 9.78. The quantitative estimate of drug-likeness (QED) is 0.885. The van der Waals surface area contributed by atoms with Crippen LogP contribution < -0.4 is 4.74 Å². The topological polar surface area (TPSA) is 53.0 Å². The molecule has 0 amide bonds. The highest BCUT2D eigenvalue weighted by Crippen LogP contribution is 2.32. The Morgan fingerprint density at radius 3 is 2.48 bits per heavy atom. The zero-order chi connectivity index (χ0) is 17.8. The minimum absolute atomic E-state index is 0.294. The number of benzene rings is 1. The average molecular weight is 350 g/mol. The first kappa shape index (κ1) is 18.1. The molecule has 1 aromatic rings. The molecule has 1 aliphatic carbocycles. The number of aliphatic carboxylic acids is 1. The van der Waals surface area contributed by atoms with Gasteiger partial charge in [0, 0.05) is 43.9 Å². The lowest BCUT2D eigenvalue weighted by Crippen LogP contribution is -2.52. The molecule has 138 valence electrons. The lowest BCUT2D eigenvalue weighted by Gasteiger charge is -2.42. The third kappa shape index (κ3) is 4.12. The van der Waals surface area contributed by atoms with Gasteiger partial charge in [-0.2, -0.15) is 0 Å². The van der Waals surface area contributed by atoms with Crippen molar-refractivity contribution in [3.05, 3.63) is 29.6 Å². The monoisotopic (exact) mass is 350 g/mol. The zero-order valence-electron chi connectivity index (χ0n) is 14.8. The van der Waals surface area contributed by atoms with Crippen molar-refractivity contribution < 1.29 is 19.0 Å². The predicted octanol–water partition coefficient (Wildman–Crippen LogP) is 2.91. The van der Waals surface area contributed by atoms with Crippen LogP contribution >= 0.6 is 0 Å². The van der Waals surface area contributed by atoms with E-state index in [-0.39, 0.29) is 0 Å². The molecular formula is C19H27FN2O3. The minimum Gasteiger partial charge on any atom is -0.496 e. The molecule has 1 heterocycles. The number of hydrogen-bond donors (Lipinski definition) is 1. The van der Waals surface area contributed by atoms with E-state index in [0.717, 1.165) is 13.1 Å². The highest BCUT2D eigenvalue weighted by molar-refractivity contribution is 5.76. The van der Waals surface area contributed by atoms with Crippen molar-refractivity contribution in [2.24, 2.45) is 0 Å². The number of halogens is 1. The van der Waals surface area contributed by atoms with Crippen molar-refractivity contribution in [3.63, 3.8) is 0 Å². The Morgan fingerprint density at radius 1 is 1.20 bits per heavy atom. The fourth-order valence-corrected chi connectivity index (χ4v) is 4.20. The molecule has 0 radical (unpaired) electrons. The Balaban J connectivity index is 1.71. The third-order valence-electron chi connectivity index (χ3n) is 5.53. The number of methoxy groups -OCH3 is 1. The van der Waals surface area contributed by atoms with E-state index < -0.39 is 17.8 Å². The summed E-state index contributed by atoms with van der Waals surface area (Å²) < 4.78 is 18.7. The second kappa shape index (κ2) is 8.15. The molecule has 0 unspecified atom stereocenters. The molecule has 1 atom stereocenters. The van der Waals surface area contributed by atoms with Gasteiger partial charge < -0.3 is 9.84 Å². The van der Waals surface area contributed by atoms with Crippen LogP contribution in [0.3, 0.4) is 0 Å². The smallest absolute Gasteiger partial charge is 0.325 e. The Morgan fingerprint density at radius 2 is 1.88 bits per heavy atom. The predicted molar refractivity (Wildman–Crippen MR) is 93.3 cm³/mol. The van der Waals surface area contributed by atoms with Gasteiger partial charge >= 0.3 is 5.97 Å². The van der Waals surface area contributed by atoms with E-state index in [9.17, 15) is 14.3 Å². The Hall–Kier alpha value is -1.66. The highest BCUT2D eigenvalue weighted by atomic mass is 19.1. The summed E-state index contributed by atoms with van der Waals surface area (Å²) in [5.41, 5.74) is 0.516. The number of piperazine rings is 1. The Labute approximate surface area is 148 Å². The number of hydrogen-bond acceptors (Lipinski definition) is 4. The van der Waals surface area contributed by atoms with E-state index in [1.54, 1.807) is 0 Å². The van der Waals surface area contributed by atoms with Gasteiger partial charge in [-0.3, -0.25) is 14.6 Å². The van der Waals surface area contributed by atoms with Gasteiger partial charge in [-0.05, 0) is 18.9 Å². The van der Waals surface area contributed by atoms with Crippen LogP contribution in [0.5, 0.6) is 5.75 Å². The minimum atomic E-state index is -0.920. The van der Waals surface area contributed by atoms with Crippen molar-refractivity contribution >= 4 is 5.97 Å². The fourth-order valence-electron chi connectivity index (χ4n) is 4.20. The summed E-state index contributed by atoms with van der Waals surface area (Å²) in [7, 11) is 1.44. The number of rotatable bonds is 5. The lowest BCUT2D eigenvalue weighted by atomic mass is 9.93. The fraction of sp³-hybridized carbons (Fsp3) is 0.632. The van der Waals surface area contributed by atoms with Crippen LogP contribution in [0.4, 0.5) is 4.39 Å². The van der Waals surface area contributed by atoms with E-state index >= 15 is 0 Å². The molecule has 5 nitrogen and oxygen atoms in total. The van der Waals surface area contributed by atoms with E-state index in [2.05, 4.69) is 4.90 Å². The van der Waals surface area contributed by atoms with Crippen LogP contribution in [0.2, 0.25) is 0 Å². The van der Waals surface area contributed by atoms with Crippen LogP contribution in [0.1, 0.15) is 43.7 Å². The molecule has 6 heteroatoms. The van der Waals surface area contributed by atoms with E-state index in [4.69, 9.17) is 4.74 Å². The van der Waals surface area contributed by atoms with Gasteiger partial charge in [-0.1, -0.05) is 25.3 Å². The van der Waals surface area contributed by atoms with E-state index in [1.807, 2.05) is 4.90 Å². The van der Waals surface area contributed by atoms with Crippen LogP contribution in [0, 0.1) is 5.82 Å². The zero-order valence-corrected chi connectivity index (χ0v) is 14.8. The van der Waals surface area contributed by atoms with Gasteiger partial charge in [0.05, 0.1) is 7.11 Å². The average Bonchev–Trinajstić information content (AvgIpc) is 2.64. The molecule has 2 fully saturated rings. The number of carbonyl (C=O) groups is 1. The molecule has 0 spiro atoms. The van der Waals surface area contributed by atoms with Crippen LogP contribution in [0.25, 0.3) is 0 Å². The summed E-state index contributed by atoms with van der Waals surface area (Å²) >= 11 is 0. The van der Waals surface area contributed by atoms with Crippen molar-refractivity contribution in [2.45, 2.75) is 44.2 Å². The lowest BCUT2D eigenvalue weighted by molar-refractivity contribution is -0.144. The van der Waals surface area contributed by atoms with Gasteiger partial charge in [0.25, 0.3) is 0 Å². The van der Waals surface area contributed by atoms with Gasteiger partial charge in [-0.25, -0.2) is 4.39 Å². The molecule has 3 rings (SSSR count). The first-order chi connectivity index (χ1) is 12.1. The number of carboxylic acids is 1. The number of ether oxygens (including phenoxy) is 1. The maximum absolute atomic E-state index is 13.5. The molecule has 25 heavy (non-hydrogen) atoms. The Bertz CT molecular complexity index is 596. The SMILES string of the molecule is COc1cc(F)ccc1[C@H](C(=O)O)N1CCN(C2CCCCC2)CC1. The molecule has 1 aliphatic heterocycles. The first-order valence-corrected chi connectivity index (χ1v) is 9.14. The molecule has 1 saturated heterocycles. The molecule has 0 bridgehead atoms. The van der Waals surface area contributed by atoms with Crippen molar-refractivity contribution in [1.29, 1.82) is 0 Å². The number of carboxylic acid groups (broad SMARTS) is 1. The molecule has 1 saturated carbocycles. The standard InChI is InChI=1S/C19H27FN2O3/c1-25-17-13-14(20)7-8-16(17)18(19(23)24)22-11-9-21(10-12-22)15-5-3-2-4-6-15/h7-8,13,15,18H,2-6,9-12H2,1H3,(H,23,24)/t18-/m1/s1. The maximum Gasteiger partial charge on any atom is 0.325 e. The summed E-state index contributed by atoms with van der Waals surface area (Å²) in [6.45, 7) is 3.18. The summed E-state index contributed by atoms with van der Waals surface area (Å²) in [6, 6.07) is 3.93. The van der Waals surface area contributed by atoms with Gasteiger partial charge in [-0.15, -0.1) is 0 Å². The second-order valence-electron chi connectivity index (χ2n) is 6.99. The molecule has 1 aromatic carbocycles. The third-order valence-corrected chi connectivity index (χ3v) is 5.53. The van der Waals surface area contributed by atoms with Crippen molar-refractivity contribution in [3.8, 4) is 5.75 Å². The van der Waals surface area contributed by atoms with Crippen LogP contribution in [-0.4, -0.2) is 60.2 Å². The largest absolute Gasteiger partial charge is 0.496 e. The summed E-state index contributed by atoms with van der Waals surface area (Å²) in [6.07, 6.45) is 6.45. The maximum atomic E-state index is 13.5. The second-order valence-corrected chi connectivity index (χ2v) is 6.99. The molecule has 1 N–H and O–H groups in total. The Kier molecular flexibility index (Phi) is 5.91. The summed E-state index contributed by atoms with van der Waals surface area (Å²) in [4.78, 5) is 16.4.